The first-order chi connectivity index (χ1) is 5.54. The fraction of sp³-hybridized carbons (Fsp3) is 1.00. The van der Waals surface area contributed by atoms with Gasteiger partial charge in [-0.3, -0.25) is 0 Å². The molecule has 2 saturated carbocycles. The Morgan fingerprint density at radius 3 is 2.42 bits per heavy atom. The van der Waals surface area contributed by atoms with Crippen LogP contribution in [0.5, 0.6) is 0 Å². The van der Waals surface area contributed by atoms with E-state index < -0.39 is 0 Å². The summed E-state index contributed by atoms with van der Waals surface area (Å²) in [5, 5.41) is 10.0. The van der Waals surface area contributed by atoms with Crippen LogP contribution in [0.2, 0.25) is 0 Å². The first-order valence-corrected chi connectivity index (χ1v) is 6.31. The van der Waals surface area contributed by atoms with E-state index in [1.807, 2.05) is 0 Å². The number of rotatable bonds is 1. The van der Waals surface area contributed by atoms with Gasteiger partial charge in [-0.05, 0) is 30.6 Å². The Hall–Kier alpha value is 0.690. The van der Waals surface area contributed by atoms with Gasteiger partial charge in [-0.1, -0.05) is 36.4 Å². The molecule has 0 radical (unpaired) electrons. The van der Waals surface area contributed by atoms with Crippen molar-refractivity contribution in [2.45, 2.75) is 39.2 Å². The molecule has 3 unspecified atom stereocenters. The lowest BCUT2D eigenvalue weighted by Crippen LogP contribution is -2.40. The molecule has 3 atom stereocenters. The highest BCUT2D eigenvalue weighted by Crippen LogP contribution is 2.66. The van der Waals surface area contributed by atoms with Crippen molar-refractivity contribution in [1.82, 2.24) is 0 Å². The van der Waals surface area contributed by atoms with E-state index in [4.69, 9.17) is 0 Å². The second-order valence-electron chi connectivity index (χ2n) is 5.00. The van der Waals surface area contributed by atoms with Crippen LogP contribution >= 0.6 is 22.6 Å². The van der Waals surface area contributed by atoms with Gasteiger partial charge in [-0.2, -0.15) is 0 Å². The SMILES string of the molecule is CC1(C)C2CCC1(CI)C(O)C2. The summed E-state index contributed by atoms with van der Waals surface area (Å²) in [4.78, 5) is 0. The standard InChI is InChI=1S/C10H17IO/c1-9(2)7-3-4-10(9,6-11)8(12)5-7/h7-8,12H,3-6H2,1-2H3. The summed E-state index contributed by atoms with van der Waals surface area (Å²) in [5.74, 6) is 0.780. The van der Waals surface area contributed by atoms with Crippen molar-refractivity contribution in [3.63, 3.8) is 0 Å². The Labute approximate surface area is 88.1 Å². The number of halogens is 1. The Balaban J connectivity index is 2.39. The molecule has 12 heavy (non-hydrogen) atoms. The highest BCUT2D eigenvalue weighted by Gasteiger charge is 2.62. The van der Waals surface area contributed by atoms with E-state index in [1.165, 1.54) is 12.8 Å². The van der Waals surface area contributed by atoms with E-state index in [2.05, 4.69) is 36.4 Å². The zero-order chi connectivity index (χ0) is 8.98. The van der Waals surface area contributed by atoms with Crippen LogP contribution in [0, 0.1) is 16.7 Å². The lowest BCUT2D eigenvalue weighted by Gasteiger charge is -2.39. The van der Waals surface area contributed by atoms with Gasteiger partial charge < -0.3 is 5.11 Å². The van der Waals surface area contributed by atoms with Crippen molar-refractivity contribution >= 4 is 22.6 Å². The van der Waals surface area contributed by atoms with Gasteiger partial charge in [0, 0.05) is 9.84 Å². The topological polar surface area (TPSA) is 20.2 Å². The molecule has 0 amide bonds. The molecule has 0 aromatic heterocycles. The van der Waals surface area contributed by atoms with Gasteiger partial charge in [0.15, 0.2) is 0 Å². The minimum Gasteiger partial charge on any atom is -0.392 e. The molecule has 0 saturated heterocycles. The molecular formula is C10H17IO. The monoisotopic (exact) mass is 280 g/mol. The van der Waals surface area contributed by atoms with E-state index in [1.54, 1.807) is 0 Å². The molecule has 70 valence electrons. The van der Waals surface area contributed by atoms with Crippen LogP contribution in [0.4, 0.5) is 0 Å². The van der Waals surface area contributed by atoms with Crippen molar-refractivity contribution < 1.29 is 5.11 Å². The van der Waals surface area contributed by atoms with Crippen molar-refractivity contribution in [3.05, 3.63) is 0 Å². The summed E-state index contributed by atoms with van der Waals surface area (Å²) < 4.78 is 1.12. The Bertz CT molecular complexity index is 202. The summed E-state index contributed by atoms with van der Waals surface area (Å²) in [6.45, 7) is 4.69. The molecule has 2 aliphatic rings. The summed E-state index contributed by atoms with van der Waals surface area (Å²) in [6, 6.07) is 0. The van der Waals surface area contributed by atoms with Gasteiger partial charge in [0.2, 0.25) is 0 Å². The van der Waals surface area contributed by atoms with Gasteiger partial charge in [0.1, 0.15) is 0 Å². The number of fused-ring (bicyclic) bond motifs is 2. The molecule has 0 aromatic rings. The summed E-state index contributed by atoms with van der Waals surface area (Å²) in [5.41, 5.74) is 0.631. The van der Waals surface area contributed by atoms with Crippen LogP contribution in [0.3, 0.4) is 0 Å². The minimum atomic E-state index is -0.0249. The fourth-order valence-corrected chi connectivity index (χ4v) is 5.23. The average molecular weight is 280 g/mol. The molecule has 2 bridgehead atoms. The average Bonchev–Trinajstić information content (AvgIpc) is 2.36. The van der Waals surface area contributed by atoms with Crippen molar-refractivity contribution in [3.8, 4) is 0 Å². The van der Waals surface area contributed by atoms with Gasteiger partial charge in [-0.15, -0.1) is 0 Å². The van der Waals surface area contributed by atoms with Gasteiger partial charge in [0.25, 0.3) is 0 Å². The first-order valence-electron chi connectivity index (χ1n) is 4.78. The number of aliphatic hydroxyl groups excluding tert-OH is 1. The molecule has 0 aliphatic heterocycles. The molecule has 2 aliphatic carbocycles. The number of alkyl halides is 1. The highest BCUT2D eigenvalue weighted by atomic mass is 127. The molecule has 0 heterocycles. The highest BCUT2D eigenvalue weighted by molar-refractivity contribution is 14.1. The zero-order valence-corrected chi connectivity index (χ0v) is 9.97. The number of hydrogen-bond donors (Lipinski definition) is 1. The van der Waals surface area contributed by atoms with Gasteiger partial charge in [0.05, 0.1) is 6.10 Å². The van der Waals surface area contributed by atoms with E-state index >= 15 is 0 Å². The predicted octanol–water partition coefficient (Wildman–Crippen LogP) is 2.61. The lowest BCUT2D eigenvalue weighted by molar-refractivity contribution is 0.0191. The van der Waals surface area contributed by atoms with E-state index in [-0.39, 0.29) is 11.5 Å². The van der Waals surface area contributed by atoms with E-state index in [0.29, 0.717) is 5.41 Å². The molecule has 1 nitrogen and oxygen atoms in total. The minimum absolute atomic E-state index is 0.0249. The van der Waals surface area contributed by atoms with E-state index in [9.17, 15) is 5.11 Å². The molecule has 2 rings (SSSR count). The fourth-order valence-electron chi connectivity index (χ4n) is 3.35. The maximum Gasteiger partial charge on any atom is 0.0611 e. The van der Waals surface area contributed by atoms with Gasteiger partial charge >= 0.3 is 0 Å². The van der Waals surface area contributed by atoms with Crippen LogP contribution < -0.4 is 0 Å². The Kier molecular flexibility index (Phi) is 2.00. The summed E-state index contributed by atoms with van der Waals surface area (Å²) in [7, 11) is 0. The van der Waals surface area contributed by atoms with Crippen molar-refractivity contribution in [1.29, 1.82) is 0 Å². The predicted molar refractivity (Wildman–Crippen MR) is 58.4 cm³/mol. The van der Waals surface area contributed by atoms with Crippen LogP contribution in [0.15, 0.2) is 0 Å². The molecule has 0 aromatic carbocycles. The number of hydrogen-bond acceptors (Lipinski definition) is 1. The molecule has 2 fully saturated rings. The molecule has 0 spiro atoms. The summed E-state index contributed by atoms with van der Waals surface area (Å²) >= 11 is 2.45. The van der Waals surface area contributed by atoms with Crippen LogP contribution in [0.1, 0.15) is 33.1 Å². The Morgan fingerprint density at radius 1 is 1.50 bits per heavy atom. The smallest absolute Gasteiger partial charge is 0.0611 e. The maximum absolute atomic E-state index is 10.0. The summed E-state index contributed by atoms with van der Waals surface area (Å²) in [6.07, 6.45) is 3.61. The van der Waals surface area contributed by atoms with Crippen LogP contribution in [0.25, 0.3) is 0 Å². The second kappa shape index (κ2) is 2.59. The first kappa shape index (κ1) is 9.25. The molecule has 2 heteroatoms. The largest absolute Gasteiger partial charge is 0.392 e. The van der Waals surface area contributed by atoms with Crippen LogP contribution in [-0.2, 0) is 0 Å². The lowest BCUT2D eigenvalue weighted by atomic mass is 9.70. The second-order valence-corrected chi connectivity index (χ2v) is 5.76. The zero-order valence-electron chi connectivity index (χ0n) is 7.81. The van der Waals surface area contributed by atoms with Crippen molar-refractivity contribution in [2.75, 3.05) is 4.43 Å². The van der Waals surface area contributed by atoms with Crippen LogP contribution in [-0.4, -0.2) is 15.6 Å². The Morgan fingerprint density at radius 2 is 2.17 bits per heavy atom. The third kappa shape index (κ3) is 0.834. The normalized spacial score (nSPS) is 50.0. The molecular weight excluding hydrogens is 263 g/mol. The quantitative estimate of drug-likeness (QED) is 0.578. The third-order valence-corrected chi connectivity index (χ3v) is 5.99. The third-order valence-electron chi connectivity index (χ3n) is 4.63. The maximum atomic E-state index is 10.0. The van der Waals surface area contributed by atoms with E-state index in [0.717, 1.165) is 16.8 Å². The van der Waals surface area contributed by atoms with Crippen molar-refractivity contribution in [2.24, 2.45) is 16.7 Å². The number of aliphatic hydroxyl groups is 1. The molecule has 1 N–H and O–H groups in total. The van der Waals surface area contributed by atoms with Gasteiger partial charge in [-0.25, -0.2) is 0 Å².